The molecule has 0 aliphatic carbocycles. The van der Waals surface area contributed by atoms with Crippen molar-refractivity contribution < 1.29 is 4.39 Å². The number of rotatable bonds is 6. The van der Waals surface area contributed by atoms with Crippen LogP contribution in [0, 0.1) is 5.82 Å². The molecule has 2 aromatic heterocycles. The van der Waals surface area contributed by atoms with Crippen LogP contribution in [0.1, 0.15) is 31.9 Å². The van der Waals surface area contributed by atoms with Gasteiger partial charge in [0, 0.05) is 18.8 Å². The van der Waals surface area contributed by atoms with E-state index < -0.39 is 0 Å². The highest BCUT2D eigenvalue weighted by Gasteiger charge is 2.18. The van der Waals surface area contributed by atoms with Crippen LogP contribution in [-0.2, 0) is 6.42 Å². The first kappa shape index (κ1) is 18.6. The first-order valence-electron chi connectivity index (χ1n) is 9.95. The second kappa shape index (κ2) is 8.10. The SMILES string of the molecule is CCCCc1nc2ccccn2c(=O)c1-c1ccc(NC2CCNC2)c(F)c1. The molecule has 5 nitrogen and oxygen atoms in total. The highest BCUT2D eigenvalue weighted by molar-refractivity contribution is 5.69. The van der Waals surface area contributed by atoms with Gasteiger partial charge in [0.25, 0.3) is 5.56 Å². The molecule has 1 aromatic carbocycles. The molecule has 1 unspecified atom stereocenters. The fraction of sp³-hybridized carbons (Fsp3) is 0.364. The molecule has 146 valence electrons. The third-order valence-electron chi connectivity index (χ3n) is 5.25. The summed E-state index contributed by atoms with van der Waals surface area (Å²) in [4.78, 5) is 17.9. The van der Waals surface area contributed by atoms with E-state index in [2.05, 4.69) is 17.6 Å². The minimum absolute atomic E-state index is 0.156. The molecule has 0 bridgehead atoms. The second-order valence-corrected chi connectivity index (χ2v) is 7.30. The van der Waals surface area contributed by atoms with Gasteiger partial charge in [0.1, 0.15) is 11.5 Å². The van der Waals surface area contributed by atoms with E-state index in [0.717, 1.165) is 38.0 Å². The number of anilines is 1. The Morgan fingerprint density at radius 3 is 2.96 bits per heavy atom. The van der Waals surface area contributed by atoms with Gasteiger partial charge in [-0.15, -0.1) is 0 Å². The zero-order valence-corrected chi connectivity index (χ0v) is 16.0. The Bertz CT molecular complexity index is 1040. The number of nitrogens with zero attached hydrogens (tertiary/aromatic N) is 2. The number of benzene rings is 1. The van der Waals surface area contributed by atoms with Gasteiger partial charge in [-0.1, -0.05) is 25.5 Å². The Hall–Kier alpha value is -2.73. The summed E-state index contributed by atoms with van der Waals surface area (Å²) < 4.78 is 16.3. The van der Waals surface area contributed by atoms with Crippen LogP contribution in [-0.4, -0.2) is 28.5 Å². The fourth-order valence-corrected chi connectivity index (χ4v) is 3.74. The maximum atomic E-state index is 14.8. The van der Waals surface area contributed by atoms with E-state index in [4.69, 9.17) is 4.98 Å². The lowest BCUT2D eigenvalue weighted by Crippen LogP contribution is -2.23. The van der Waals surface area contributed by atoms with Crippen molar-refractivity contribution in [2.45, 2.75) is 38.6 Å². The lowest BCUT2D eigenvalue weighted by atomic mass is 10.0. The maximum absolute atomic E-state index is 14.8. The largest absolute Gasteiger partial charge is 0.379 e. The van der Waals surface area contributed by atoms with Crippen molar-refractivity contribution in [3.05, 3.63) is 64.5 Å². The molecule has 0 saturated carbocycles. The van der Waals surface area contributed by atoms with Gasteiger partial charge >= 0.3 is 0 Å². The van der Waals surface area contributed by atoms with E-state index in [-0.39, 0.29) is 17.4 Å². The van der Waals surface area contributed by atoms with Gasteiger partial charge in [-0.2, -0.15) is 0 Å². The standard InChI is InChI=1S/C22H25FN4O/c1-2-3-6-19-21(22(28)27-12-5-4-7-20(27)26-19)15-8-9-18(17(23)13-15)25-16-10-11-24-14-16/h4-5,7-9,12-13,16,24-25H,2-3,6,10-11,14H2,1H3. The zero-order valence-electron chi connectivity index (χ0n) is 16.0. The Morgan fingerprint density at radius 2 is 2.21 bits per heavy atom. The smallest absolute Gasteiger partial charge is 0.265 e. The summed E-state index contributed by atoms with van der Waals surface area (Å²) in [6.07, 6.45) is 5.30. The lowest BCUT2D eigenvalue weighted by molar-refractivity contribution is 0.626. The number of pyridine rings is 1. The molecule has 0 amide bonds. The number of hydrogen-bond donors (Lipinski definition) is 2. The van der Waals surface area contributed by atoms with E-state index in [1.807, 2.05) is 18.2 Å². The number of aryl methyl sites for hydroxylation is 1. The van der Waals surface area contributed by atoms with Crippen LogP contribution in [0.5, 0.6) is 0 Å². The van der Waals surface area contributed by atoms with Gasteiger partial charge in [0.2, 0.25) is 0 Å². The highest BCUT2D eigenvalue weighted by Crippen LogP contribution is 2.26. The van der Waals surface area contributed by atoms with E-state index in [1.54, 1.807) is 18.3 Å². The third-order valence-corrected chi connectivity index (χ3v) is 5.25. The molecule has 3 aromatic rings. The van der Waals surface area contributed by atoms with E-state index >= 15 is 0 Å². The molecular weight excluding hydrogens is 355 g/mol. The summed E-state index contributed by atoms with van der Waals surface area (Å²) in [7, 11) is 0. The molecule has 1 fully saturated rings. The molecule has 0 spiro atoms. The first-order chi connectivity index (χ1) is 13.7. The number of halogens is 1. The number of unbranched alkanes of at least 4 members (excludes halogenated alkanes) is 1. The highest BCUT2D eigenvalue weighted by atomic mass is 19.1. The second-order valence-electron chi connectivity index (χ2n) is 7.30. The molecule has 3 heterocycles. The van der Waals surface area contributed by atoms with Crippen molar-refractivity contribution in [2.75, 3.05) is 18.4 Å². The molecule has 28 heavy (non-hydrogen) atoms. The van der Waals surface area contributed by atoms with Crippen molar-refractivity contribution in [1.82, 2.24) is 14.7 Å². The number of fused-ring (bicyclic) bond motifs is 1. The van der Waals surface area contributed by atoms with Crippen molar-refractivity contribution >= 4 is 11.3 Å². The topological polar surface area (TPSA) is 58.4 Å². The van der Waals surface area contributed by atoms with Crippen LogP contribution in [0.2, 0.25) is 0 Å². The van der Waals surface area contributed by atoms with Crippen LogP contribution in [0.3, 0.4) is 0 Å². The molecule has 1 atom stereocenters. The summed E-state index contributed by atoms with van der Waals surface area (Å²) in [6, 6.07) is 10.7. The molecule has 2 N–H and O–H groups in total. The molecule has 1 aliphatic rings. The van der Waals surface area contributed by atoms with Crippen molar-refractivity contribution in [3.8, 4) is 11.1 Å². The normalized spacial score (nSPS) is 16.6. The minimum Gasteiger partial charge on any atom is -0.379 e. The maximum Gasteiger partial charge on any atom is 0.265 e. The number of nitrogens with one attached hydrogen (secondary N) is 2. The summed E-state index contributed by atoms with van der Waals surface area (Å²) in [5.74, 6) is -0.344. The predicted molar refractivity (Wildman–Crippen MR) is 110 cm³/mol. The number of aromatic nitrogens is 2. The Labute approximate surface area is 163 Å². The van der Waals surface area contributed by atoms with Crippen LogP contribution >= 0.6 is 0 Å². The van der Waals surface area contributed by atoms with Gasteiger partial charge in [-0.3, -0.25) is 9.20 Å². The number of hydrogen-bond acceptors (Lipinski definition) is 4. The molecule has 4 rings (SSSR count). The average molecular weight is 380 g/mol. The summed E-state index contributed by atoms with van der Waals surface area (Å²) in [5, 5.41) is 6.51. The minimum atomic E-state index is -0.344. The average Bonchev–Trinajstić information content (AvgIpc) is 3.21. The first-order valence-corrected chi connectivity index (χ1v) is 9.95. The van der Waals surface area contributed by atoms with Gasteiger partial charge in [-0.05, 0) is 55.6 Å². The van der Waals surface area contributed by atoms with Crippen molar-refractivity contribution in [2.24, 2.45) is 0 Å². The van der Waals surface area contributed by atoms with Crippen LogP contribution in [0.15, 0.2) is 47.4 Å². The zero-order chi connectivity index (χ0) is 19.5. The van der Waals surface area contributed by atoms with Crippen molar-refractivity contribution in [1.29, 1.82) is 0 Å². The van der Waals surface area contributed by atoms with Crippen molar-refractivity contribution in [3.63, 3.8) is 0 Å². The molecule has 1 saturated heterocycles. The quantitative estimate of drug-likeness (QED) is 0.686. The van der Waals surface area contributed by atoms with E-state index in [1.165, 1.54) is 10.5 Å². The molecule has 6 heteroatoms. The fourth-order valence-electron chi connectivity index (χ4n) is 3.74. The van der Waals surface area contributed by atoms with Gasteiger partial charge in [0.15, 0.2) is 0 Å². The molecular formula is C22H25FN4O. The Kier molecular flexibility index (Phi) is 5.39. The summed E-state index contributed by atoms with van der Waals surface area (Å²) in [6.45, 7) is 3.88. The summed E-state index contributed by atoms with van der Waals surface area (Å²) >= 11 is 0. The summed E-state index contributed by atoms with van der Waals surface area (Å²) in [5.41, 5.74) is 2.74. The molecule has 0 radical (unpaired) electrons. The third kappa shape index (κ3) is 3.64. The Morgan fingerprint density at radius 1 is 1.32 bits per heavy atom. The lowest BCUT2D eigenvalue weighted by Gasteiger charge is -2.15. The van der Waals surface area contributed by atoms with Crippen LogP contribution in [0.4, 0.5) is 10.1 Å². The predicted octanol–water partition coefficient (Wildman–Crippen LogP) is 3.62. The Balaban J connectivity index is 1.77. The molecule has 1 aliphatic heterocycles. The van der Waals surface area contributed by atoms with Crippen LogP contribution in [0.25, 0.3) is 16.8 Å². The van der Waals surface area contributed by atoms with E-state index in [9.17, 15) is 9.18 Å². The van der Waals surface area contributed by atoms with E-state index in [0.29, 0.717) is 28.9 Å². The van der Waals surface area contributed by atoms with Crippen LogP contribution < -0.4 is 16.2 Å². The van der Waals surface area contributed by atoms with Gasteiger partial charge < -0.3 is 10.6 Å². The van der Waals surface area contributed by atoms with Gasteiger partial charge in [-0.25, -0.2) is 9.37 Å². The van der Waals surface area contributed by atoms with Gasteiger partial charge in [0.05, 0.1) is 16.9 Å². The monoisotopic (exact) mass is 380 g/mol.